The molecule has 0 saturated heterocycles. The third kappa shape index (κ3) is 1.83. The predicted octanol–water partition coefficient (Wildman–Crippen LogP) is 1.02. The van der Waals surface area contributed by atoms with E-state index in [-0.39, 0.29) is 11.5 Å². The third-order valence-corrected chi connectivity index (χ3v) is 3.76. The Labute approximate surface area is 116 Å². The number of nitrogens with one attached hydrogen (secondary N) is 1. The number of rotatable bonds is 4. The van der Waals surface area contributed by atoms with Crippen LogP contribution in [0.3, 0.4) is 0 Å². The van der Waals surface area contributed by atoms with Gasteiger partial charge in [-0.3, -0.25) is 9.59 Å². The smallest absolute Gasteiger partial charge is 0.345 e. The Morgan fingerprint density at radius 2 is 1.95 bits per heavy atom. The summed E-state index contributed by atoms with van der Waals surface area (Å²) in [5, 5.41) is 0. The van der Waals surface area contributed by atoms with Crippen LogP contribution in [0.2, 0.25) is 0 Å². The molecule has 0 radical (unpaired) electrons. The van der Waals surface area contributed by atoms with Crippen molar-refractivity contribution in [2.45, 2.75) is 32.8 Å². The summed E-state index contributed by atoms with van der Waals surface area (Å²) in [6.45, 7) is 6.53. The number of aromatic nitrogens is 1. The molecule has 1 aromatic heterocycles. The zero-order chi connectivity index (χ0) is 14.9. The molecule has 0 fully saturated rings. The van der Waals surface area contributed by atoms with Crippen LogP contribution in [0, 0.1) is 0 Å². The fraction of sp³-hybridized carbons (Fsp3) is 0.500. The van der Waals surface area contributed by atoms with E-state index in [4.69, 9.17) is 4.74 Å². The van der Waals surface area contributed by atoms with Crippen LogP contribution in [-0.4, -0.2) is 34.8 Å². The molecule has 6 heteroatoms. The summed E-state index contributed by atoms with van der Waals surface area (Å²) in [5.74, 6) is -1.01. The second-order valence-electron chi connectivity index (χ2n) is 4.64. The van der Waals surface area contributed by atoms with E-state index in [0.29, 0.717) is 25.1 Å². The molecule has 0 aliphatic carbocycles. The van der Waals surface area contributed by atoms with Crippen LogP contribution in [0.15, 0.2) is 17.1 Å². The Morgan fingerprint density at radius 1 is 1.30 bits per heavy atom. The standard InChI is InChI=1S/C14H18N2O4/c1-4-14(13(19)16(5-2)6-3)9-7-8-15-11(17)10(9)12(18)20-14/h7-8H,4-6H2,1-3H3,(H,15,17)/t14-/m0/s1. The zero-order valence-electron chi connectivity index (χ0n) is 11.9. The van der Waals surface area contributed by atoms with Gasteiger partial charge in [0.25, 0.3) is 11.5 Å². The number of esters is 1. The molecule has 0 aromatic carbocycles. The first-order valence-electron chi connectivity index (χ1n) is 6.76. The number of H-pyrrole nitrogens is 1. The first kappa shape index (κ1) is 14.3. The van der Waals surface area contributed by atoms with Gasteiger partial charge in [0.15, 0.2) is 0 Å². The van der Waals surface area contributed by atoms with Gasteiger partial charge in [0.05, 0.1) is 0 Å². The average Bonchev–Trinajstić information content (AvgIpc) is 2.75. The zero-order valence-corrected chi connectivity index (χ0v) is 11.9. The second-order valence-corrected chi connectivity index (χ2v) is 4.64. The molecule has 6 nitrogen and oxygen atoms in total. The number of amides is 1. The quantitative estimate of drug-likeness (QED) is 0.834. The Balaban J connectivity index is 2.61. The van der Waals surface area contributed by atoms with Crippen LogP contribution in [0.4, 0.5) is 0 Å². The molecule has 1 amide bonds. The minimum Gasteiger partial charge on any atom is -0.440 e. The minimum atomic E-state index is -1.37. The van der Waals surface area contributed by atoms with Crippen molar-refractivity contribution in [3.05, 3.63) is 33.7 Å². The van der Waals surface area contributed by atoms with E-state index >= 15 is 0 Å². The van der Waals surface area contributed by atoms with Gasteiger partial charge in [-0.25, -0.2) is 4.79 Å². The number of fused-ring (bicyclic) bond motifs is 1. The molecule has 0 spiro atoms. The Bertz CT molecular complexity index is 603. The number of aromatic amines is 1. The summed E-state index contributed by atoms with van der Waals surface area (Å²) >= 11 is 0. The molecule has 1 aliphatic heterocycles. The molecule has 0 bridgehead atoms. The van der Waals surface area contributed by atoms with E-state index in [2.05, 4.69) is 4.98 Å². The minimum absolute atomic E-state index is 0.0603. The van der Waals surface area contributed by atoms with E-state index in [1.165, 1.54) is 6.20 Å². The lowest BCUT2D eigenvalue weighted by Crippen LogP contribution is -2.47. The molecule has 0 saturated carbocycles. The van der Waals surface area contributed by atoms with E-state index < -0.39 is 17.1 Å². The molecule has 1 N–H and O–H groups in total. The summed E-state index contributed by atoms with van der Waals surface area (Å²) in [7, 11) is 0. The number of hydrogen-bond acceptors (Lipinski definition) is 4. The van der Waals surface area contributed by atoms with Crippen molar-refractivity contribution >= 4 is 11.9 Å². The van der Waals surface area contributed by atoms with E-state index in [9.17, 15) is 14.4 Å². The van der Waals surface area contributed by atoms with Crippen LogP contribution in [0.1, 0.15) is 43.1 Å². The highest BCUT2D eigenvalue weighted by Crippen LogP contribution is 2.39. The average molecular weight is 278 g/mol. The summed E-state index contributed by atoms with van der Waals surface area (Å²) in [6.07, 6.45) is 1.73. The maximum atomic E-state index is 12.7. The maximum absolute atomic E-state index is 12.7. The molecule has 20 heavy (non-hydrogen) atoms. The van der Waals surface area contributed by atoms with Crippen molar-refractivity contribution in [3.63, 3.8) is 0 Å². The van der Waals surface area contributed by atoms with Gasteiger partial charge in [-0.05, 0) is 26.3 Å². The van der Waals surface area contributed by atoms with E-state index in [1.807, 2.05) is 13.8 Å². The van der Waals surface area contributed by atoms with Crippen molar-refractivity contribution in [3.8, 4) is 0 Å². The fourth-order valence-electron chi connectivity index (χ4n) is 2.62. The van der Waals surface area contributed by atoms with Crippen molar-refractivity contribution in [2.24, 2.45) is 0 Å². The molecular weight excluding hydrogens is 260 g/mol. The largest absolute Gasteiger partial charge is 0.440 e. The SMILES string of the molecule is CCN(CC)C(=O)[C@@]1(CC)OC(=O)c2c1cc[nH]c2=O. The van der Waals surface area contributed by atoms with E-state index in [0.717, 1.165) is 0 Å². The number of cyclic esters (lactones) is 1. The molecule has 108 valence electrons. The maximum Gasteiger partial charge on any atom is 0.345 e. The van der Waals surface area contributed by atoms with Gasteiger partial charge in [-0.1, -0.05) is 6.92 Å². The van der Waals surface area contributed by atoms with Crippen molar-refractivity contribution in [2.75, 3.05) is 13.1 Å². The highest BCUT2D eigenvalue weighted by molar-refractivity contribution is 6.01. The Morgan fingerprint density at radius 3 is 2.50 bits per heavy atom. The Kier molecular flexibility index (Phi) is 3.65. The van der Waals surface area contributed by atoms with Gasteiger partial charge in [-0.2, -0.15) is 0 Å². The van der Waals surface area contributed by atoms with Gasteiger partial charge >= 0.3 is 5.97 Å². The highest BCUT2D eigenvalue weighted by Gasteiger charge is 2.52. The molecule has 1 aromatic rings. The van der Waals surface area contributed by atoms with Gasteiger partial charge < -0.3 is 14.6 Å². The second kappa shape index (κ2) is 5.11. The van der Waals surface area contributed by atoms with Crippen molar-refractivity contribution < 1.29 is 14.3 Å². The van der Waals surface area contributed by atoms with Gasteiger partial charge in [-0.15, -0.1) is 0 Å². The number of hydrogen-bond donors (Lipinski definition) is 1. The lowest BCUT2D eigenvalue weighted by molar-refractivity contribution is -0.152. The van der Waals surface area contributed by atoms with Crippen LogP contribution in [0.5, 0.6) is 0 Å². The first-order chi connectivity index (χ1) is 9.51. The topological polar surface area (TPSA) is 79.5 Å². The van der Waals surface area contributed by atoms with Crippen LogP contribution >= 0.6 is 0 Å². The Hall–Kier alpha value is -2.11. The van der Waals surface area contributed by atoms with Crippen molar-refractivity contribution in [1.82, 2.24) is 9.88 Å². The van der Waals surface area contributed by atoms with Gasteiger partial charge in [0.2, 0.25) is 5.60 Å². The summed E-state index contributed by atoms with van der Waals surface area (Å²) in [4.78, 5) is 40.5. The highest BCUT2D eigenvalue weighted by atomic mass is 16.6. The number of likely N-dealkylation sites (N-methyl/N-ethyl adjacent to an activating group) is 1. The fourth-order valence-corrected chi connectivity index (χ4v) is 2.62. The number of ether oxygens (including phenoxy) is 1. The third-order valence-electron chi connectivity index (χ3n) is 3.76. The lowest BCUT2D eigenvalue weighted by atomic mass is 9.89. The molecule has 2 rings (SSSR count). The molecule has 2 heterocycles. The van der Waals surface area contributed by atoms with Crippen LogP contribution in [0.25, 0.3) is 0 Å². The first-order valence-corrected chi connectivity index (χ1v) is 6.76. The lowest BCUT2D eigenvalue weighted by Gasteiger charge is -2.31. The van der Waals surface area contributed by atoms with E-state index in [1.54, 1.807) is 17.9 Å². The van der Waals surface area contributed by atoms with Crippen LogP contribution in [-0.2, 0) is 15.1 Å². The van der Waals surface area contributed by atoms with Crippen molar-refractivity contribution in [1.29, 1.82) is 0 Å². The number of carbonyl (C=O) groups excluding carboxylic acids is 2. The molecule has 0 unspecified atom stereocenters. The summed E-state index contributed by atoms with van der Waals surface area (Å²) in [5.41, 5.74) is -1.58. The van der Waals surface area contributed by atoms with Gasteiger partial charge in [0, 0.05) is 24.8 Å². The monoisotopic (exact) mass is 278 g/mol. The normalized spacial score (nSPS) is 20.4. The van der Waals surface area contributed by atoms with Crippen LogP contribution < -0.4 is 5.56 Å². The molecule has 1 aliphatic rings. The molecular formula is C14H18N2O4. The number of nitrogens with zero attached hydrogens (tertiary/aromatic N) is 1. The summed E-state index contributed by atoms with van der Waals surface area (Å²) < 4.78 is 5.35. The summed E-state index contributed by atoms with van der Waals surface area (Å²) in [6, 6.07) is 1.58. The number of carbonyl (C=O) groups is 2. The number of pyridine rings is 1. The predicted molar refractivity (Wildman–Crippen MR) is 72.4 cm³/mol. The molecule has 1 atom stereocenters. The van der Waals surface area contributed by atoms with Gasteiger partial charge in [0.1, 0.15) is 5.56 Å².